The number of rotatable bonds is 1. The summed E-state index contributed by atoms with van der Waals surface area (Å²) in [6.45, 7) is 0. The molecule has 2 N–H and O–H groups in total. The SMILES string of the molecule is Nc1ccc(-c2ccc3c(c2)Cc2ccccc2-3)nn1. The molecule has 0 fully saturated rings. The van der Waals surface area contributed by atoms with Gasteiger partial charge in [-0.05, 0) is 46.9 Å². The van der Waals surface area contributed by atoms with Crippen molar-refractivity contribution in [2.75, 3.05) is 5.73 Å². The summed E-state index contributed by atoms with van der Waals surface area (Å²) in [4.78, 5) is 0. The standard InChI is InChI=1S/C17H13N3/c18-17-8-7-16(19-20-17)12-5-6-15-13(10-12)9-11-3-1-2-4-14(11)15/h1-8,10H,9H2,(H2,18,20). The topological polar surface area (TPSA) is 51.8 Å². The molecule has 96 valence electrons. The van der Waals surface area contributed by atoms with Crippen LogP contribution in [0.5, 0.6) is 0 Å². The van der Waals surface area contributed by atoms with Crippen molar-refractivity contribution >= 4 is 5.82 Å². The van der Waals surface area contributed by atoms with Crippen molar-refractivity contribution in [1.82, 2.24) is 10.2 Å². The first-order valence-corrected chi connectivity index (χ1v) is 6.62. The fraction of sp³-hybridized carbons (Fsp3) is 0.0588. The zero-order valence-electron chi connectivity index (χ0n) is 10.9. The molecule has 3 heteroatoms. The Morgan fingerprint density at radius 1 is 0.800 bits per heavy atom. The summed E-state index contributed by atoms with van der Waals surface area (Å²) >= 11 is 0. The van der Waals surface area contributed by atoms with Gasteiger partial charge < -0.3 is 5.73 Å². The zero-order valence-corrected chi connectivity index (χ0v) is 10.9. The maximum atomic E-state index is 5.58. The minimum atomic E-state index is 0.447. The van der Waals surface area contributed by atoms with E-state index in [0.717, 1.165) is 17.7 Å². The third-order valence-electron chi connectivity index (χ3n) is 3.77. The summed E-state index contributed by atoms with van der Waals surface area (Å²) in [5.74, 6) is 0.447. The number of hydrogen-bond donors (Lipinski definition) is 1. The Balaban J connectivity index is 1.80. The van der Waals surface area contributed by atoms with Crippen LogP contribution in [0.4, 0.5) is 5.82 Å². The molecule has 1 aliphatic rings. The van der Waals surface area contributed by atoms with E-state index in [-0.39, 0.29) is 0 Å². The molecule has 0 aliphatic heterocycles. The molecule has 1 heterocycles. The van der Waals surface area contributed by atoms with Crippen LogP contribution in [0.2, 0.25) is 0 Å². The van der Waals surface area contributed by atoms with Gasteiger partial charge in [0, 0.05) is 5.56 Å². The first-order chi connectivity index (χ1) is 9.81. The summed E-state index contributed by atoms with van der Waals surface area (Å²) in [5, 5.41) is 8.06. The second kappa shape index (κ2) is 4.17. The summed E-state index contributed by atoms with van der Waals surface area (Å²) in [6.07, 6.45) is 0.988. The van der Waals surface area contributed by atoms with E-state index in [4.69, 9.17) is 5.73 Å². The van der Waals surface area contributed by atoms with E-state index >= 15 is 0 Å². The van der Waals surface area contributed by atoms with Crippen molar-refractivity contribution in [2.24, 2.45) is 0 Å². The lowest BCUT2D eigenvalue weighted by molar-refractivity contribution is 1.05. The summed E-state index contributed by atoms with van der Waals surface area (Å²) in [7, 11) is 0. The number of nitrogens with two attached hydrogens (primary N) is 1. The van der Waals surface area contributed by atoms with Gasteiger partial charge in [-0.1, -0.05) is 36.4 Å². The monoisotopic (exact) mass is 259 g/mol. The normalized spacial score (nSPS) is 12.0. The first kappa shape index (κ1) is 11.2. The average molecular weight is 259 g/mol. The van der Waals surface area contributed by atoms with Crippen molar-refractivity contribution in [1.29, 1.82) is 0 Å². The quantitative estimate of drug-likeness (QED) is 0.570. The molecular formula is C17H13N3. The fourth-order valence-corrected chi connectivity index (χ4v) is 2.80. The van der Waals surface area contributed by atoms with Crippen molar-refractivity contribution in [3.05, 3.63) is 65.7 Å². The van der Waals surface area contributed by atoms with Gasteiger partial charge in [0.25, 0.3) is 0 Å². The van der Waals surface area contributed by atoms with Gasteiger partial charge in [-0.2, -0.15) is 0 Å². The van der Waals surface area contributed by atoms with Gasteiger partial charge in [0.15, 0.2) is 0 Å². The number of fused-ring (bicyclic) bond motifs is 3. The predicted octanol–water partition coefficient (Wildman–Crippen LogP) is 3.30. The largest absolute Gasteiger partial charge is 0.382 e. The Kier molecular flexibility index (Phi) is 2.33. The lowest BCUT2D eigenvalue weighted by Gasteiger charge is -2.04. The van der Waals surface area contributed by atoms with Crippen LogP contribution in [0, 0.1) is 0 Å². The maximum Gasteiger partial charge on any atom is 0.146 e. The highest BCUT2D eigenvalue weighted by Crippen LogP contribution is 2.38. The lowest BCUT2D eigenvalue weighted by atomic mass is 10.0. The minimum absolute atomic E-state index is 0.447. The number of benzene rings is 2. The van der Waals surface area contributed by atoms with E-state index in [1.165, 1.54) is 22.3 Å². The highest BCUT2D eigenvalue weighted by Gasteiger charge is 2.18. The molecule has 0 unspecified atom stereocenters. The molecule has 0 amide bonds. The average Bonchev–Trinajstić information content (AvgIpc) is 2.85. The molecule has 1 aliphatic carbocycles. The van der Waals surface area contributed by atoms with E-state index in [9.17, 15) is 0 Å². The zero-order chi connectivity index (χ0) is 13.5. The van der Waals surface area contributed by atoms with Crippen LogP contribution in [0.15, 0.2) is 54.6 Å². The molecule has 3 aromatic rings. The van der Waals surface area contributed by atoms with Gasteiger partial charge in [-0.15, -0.1) is 10.2 Å². The minimum Gasteiger partial charge on any atom is -0.382 e. The molecule has 0 radical (unpaired) electrons. The van der Waals surface area contributed by atoms with Crippen LogP contribution in [-0.2, 0) is 6.42 Å². The molecule has 0 bridgehead atoms. The molecule has 20 heavy (non-hydrogen) atoms. The molecule has 3 nitrogen and oxygen atoms in total. The Bertz CT molecular complexity index is 792. The maximum absolute atomic E-state index is 5.58. The van der Waals surface area contributed by atoms with Crippen LogP contribution < -0.4 is 5.73 Å². The Labute approximate surface area is 117 Å². The van der Waals surface area contributed by atoms with Gasteiger partial charge in [0.2, 0.25) is 0 Å². The first-order valence-electron chi connectivity index (χ1n) is 6.62. The number of aromatic nitrogens is 2. The van der Waals surface area contributed by atoms with Crippen LogP contribution >= 0.6 is 0 Å². The van der Waals surface area contributed by atoms with Crippen molar-refractivity contribution in [2.45, 2.75) is 6.42 Å². The summed E-state index contributed by atoms with van der Waals surface area (Å²) in [5.41, 5.74) is 12.9. The van der Waals surface area contributed by atoms with Gasteiger partial charge >= 0.3 is 0 Å². The molecule has 1 aromatic heterocycles. The van der Waals surface area contributed by atoms with Crippen molar-refractivity contribution in [3.8, 4) is 22.4 Å². The van der Waals surface area contributed by atoms with Crippen LogP contribution in [-0.4, -0.2) is 10.2 Å². The molecule has 0 atom stereocenters. The van der Waals surface area contributed by atoms with Crippen molar-refractivity contribution < 1.29 is 0 Å². The van der Waals surface area contributed by atoms with E-state index in [2.05, 4.69) is 52.7 Å². The Morgan fingerprint density at radius 2 is 1.65 bits per heavy atom. The second-order valence-electron chi connectivity index (χ2n) is 5.05. The van der Waals surface area contributed by atoms with Crippen LogP contribution in [0.3, 0.4) is 0 Å². The smallest absolute Gasteiger partial charge is 0.146 e. The van der Waals surface area contributed by atoms with E-state index in [1.807, 2.05) is 6.07 Å². The lowest BCUT2D eigenvalue weighted by Crippen LogP contribution is -1.94. The van der Waals surface area contributed by atoms with Gasteiger partial charge in [-0.25, -0.2) is 0 Å². The fourth-order valence-electron chi connectivity index (χ4n) is 2.80. The molecule has 0 spiro atoms. The number of anilines is 1. The van der Waals surface area contributed by atoms with Crippen molar-refractivity contribution in [3.63, 3.8) is 0 Å². The third kappa shape index (κ3) is 1.67. The number of hydrogen-bond acceptors (Lipinski definition) is 3. The number of nitrogens with zero attached hydrogens (tertiary/aromatic N) is 2. The predicted molar refractivity (Wildman–Crippen MR) is 80.1 cm³/mol. The van der Waals surface area contributed by atoms with Gasteiger partial charge in [0.1, 0.15) is 5.82 Å². The van der Waals surface area contributed by atoms with E-state index < -0.39 is 0 Å². The second-order valence-corrected chi connectivity index (χ2v) is 5.05. The molecule has 0 saturated heterocycles. The third-order valence-corrected chi connectivity index (χ3v) is 3.77. The number of nitrogen functional groups attached to an aromatic ring is 1. The highest BCUT2D eigenvalue weighted by atomic mass is 15.1. The Hall–Kier alpha value is -2.68. The highest BCUT2D eigenvalue weighted by molar-refractivity contribution is 5.79. The molecule has 2 aromatic carbocycles. The molecule has 0 saturated carbocycles. The van der Waals surface area contributed by atoms with E-state index in [0.29, 0.717) is 5.82 Å². The molecular weight excluding hydrogens is 246 g/mol. The van der Waals surface area contributed by atoms with Gasteiger partial charge in [0.05, 0.1) is 5.69 Å². The van der Waals surface area contributed by atoms with Crippen LogP contribution in [0.25, 0.3) is 22.4 Å². The summed E-state index contributed by atoms with van der Waals surface area (Å²) in [6, 6.07) is 18.7. The Morgan fingerprint density at radius 3 is 2.50 bits per heavy atom. The van der Waals surface area contributed by atoms with Crippen LogP contribution in [0.1, 0.15) is 11.1 Å². The van der Waals surface area contributed by atoms with Gasteiger partial charge in [-0.3, -0.25) is 0 Å². The molecule has 4 rings (SSSR count). The summed E-state index contributed by atoms with van der Waals surface area (Å²) < 4.78 is 0. The van der Waals surface area contributed by atoms with E-state index in [1.54, 1.807) is 6.07 Å².